The van der Waals surface area contributed by atoms with Crippen LogP contribution in [0.3, 0.4) is 0 Å². The van der Waals surface area contributed by atoms with Crippen LogP contribution in [0.25, 0.3) is 0 Å². The first-order chi connectivity index (χ1) is 8.71. The molecule has 0 aliphatic rings. The van der Waals surface area contributed by atoms with Gasteiger partial charge in [0.15, 0.2) is 0 Å². The Labute approximate surface area is 108 Å². The molecule has 0 heterocycles. The molecule has 18 heavy (non-hydrogen) atoms. The summed E-state index contributed by atoms with van der Waals surface area (Å²) in [7, 11) is 0. The summed E-state index contributed by atoms with van der Waals surface area (Å²) < 4.78 is 0. The molecule has 0 aliphatic heterocycles. The number of rotatable bonds is 7. The summed E-state index contributed by atoms with van der Waals surface area (Å²) in [4.78, 5) is 11.9. The largest absolute Gasteiger partial charge is 0.396 e. The molecule has 1 atom stereocenters. The van der Waals surface area contributed by atoms with Crippen LogP contribution in [0.5, 0.6) is 0 Å². The van der Waals surface area contributed by atoms with E-state index in [4.69, 9.17) is 10.8 Å². The summed E-state index contributed by atoms with van der Waals surface area (Å²) in [5.41, 5.74) is 7.16. The second-order valence-electron chi connectivity index (χ2n) is 4.40. The van der Waals surface area contributed by atoms with Gasteiger partial charge in [-0.3, -0.25) is 4.79 Å². The average Bonchev–Trinajstić information content (AvgIpc) is 2.43. The predicted octanol–water partition coefficient (Wildman–Crippen LogP) is 1.28. The lowest BCUT2D eigenvalue weighted by Crippen LogP contribution is -2.29. The van der Waals surface area contributed by atoms with Crippen molar-refractivity contribution in [3.63, 3.8) is 0 Å². The third-order valence-corrected chi connectivity index (χ3v) is 3.12. The second-order valence-corrected chi connectivity index (χ2v) is 4.40. The molecule has 0 aliphatic carbocycles. The molecule has 1 aromatic rings. The van der Waals surface area contributed by atoms with Crippen molar-refractivity contribution in [2.75, 3.05) is 13.2 Å². The van der Waals surface area contributed by atoms with Crippen molar-refractivity contribution in [1.82, 2.24) is 5.32 Å². The first kappa shape index (κ1) is 14.7. The Bertz CT molecular complexity index is 363. The summed E-state index contributed by atoms with van der Waals surface area (Å²) in [6.45, 7) is 3.31. The summed E-state index contributed by atoms with van der Waals surface area (Å²) in [6.07, 6.45) is 1.68. The van der Waals surface area contributed by atoms with E-state index in [-0.39, 0.29) is 12.5 Å². The topological polar surface area (TPSA) is 75.3 Å². The Balaban J connectivity index is 2.48. The molecule has 1 unspecified atom stereocenters. The van der Waals surface area contributed by atoms with Crippen LogP contribution in [0.2, 0.25) is 0 Å². The predicted molar refractivity (Wildman–Crippen MR) is 72.2 cm³/mol. The SMILES string of the molecule is CCC(CCO)CNC(=O)c1ccc(CN)cc1. The lowest BCUT2D eigenvalue weighted by atomic mass is 10.0. The second kappa shape index (κ2) is 7.84. The van der Waals surface area contributed by atoms with Gasteiger partial charge in [-0.25, -0.2) is 0 Å². The fourth-order valence-electron chi connectivity index (χ4n) is 1.76. The number of nitrogens with two attached hydrogens (primary N) is 1. The highest BCUT2D eigenvalue weighted by Gasteiger charge is 2.09. The minimum atomic E-state index is -0.0741. The fourth-order valence-corrected chi connectivity index (χ4v) is 1.76. The van der Waals surface area contributed by atoms with Gasteiger partial charge in [-0.1, -0.05) is 25.5 Å². The van der Waals surface area contributed by atoms with Crippen molar-refractivity contribution < 1.29 is 9.90 Å². The molecular formula is C14H22N2O2. The molecule has 4 heteroatoms. The maximum absolute atomic E-state index is 11.9. The number of hydrogen-bond donors (Lipinski definition) is 3. The van der Waals surface area contributed by atoms with Crippen LogP contribution in [-0.4, -0.2) is 24.2 Å². The molecule has 0 bridgehead atoms. The molecule has 0 aromatic heterocycles. The Hall–Kier alpha value is -1.39. The van der Waals surface area contributed by atoms with Crippen molar-refractivity contribution in [2.24, 2.45) is 11.7 Å². The Kier molecular flexibility index (Phi) is 6.39. The van der Waals surface area contributed by atoms with E-state index in [0.29, 0.717) is 24.6 Å². The van der Waals surface area contributed by atoms with Crippen molar-refractivity contribution in [1.29, 1.82) is 0 Å². The molecule has 1 amide bonds. The minimum absolute atomic E-state index is 0.0741. The first-order valence-corrected chi connectivity index (χ1v) is 6.39. The number of benzene rings is 1. The highest BCUT2D eigenvalue weighted by atomic mass is 16.3. The first-order valence-electron chi connectivity index (χ1n) is 6.39. The molecule has 0 saturated carbocycles. The maximum Gasteiger partial charge on any atom is 0.251 e. The quantitative estimate of drug-likeness (QED) is 0.682. The van der Waals surface area contributed by atoms with Gasteiger partial charge < -0.3 is 16.2 Å². The van der Waals surface area contributed by atoms with Gasteiger partial charge in [0.25, 0.3) is 5.91 Å². The third kappa shape index (κ3) is 4.47. The van der Waals surface area contributed by atoms with Crippen LogP contribution in [-0.2, 0) is 6.54 Å². The molecule has 4 nitrogen and oxygen atoms in total. The average molecular weight is 250 g/mol. The number of aliphatic hydroxyl groups excluding tert-OH is 1. The molecule has 0 fully saturated rings. The molecule has 4 N–H and O–H groups in total. The molecular weight excluding hydrogens is 228 g/mol. The van der Waals surface area contributed by atoms with Gasteiger partial charge in [0.1, 0.15) is 0 Å². The number of hydrogen-bond acceptors (Lipinski definition) is 3. The third-order valence-electron chi connectivity index (χ3n) is 3.12. The van der Waals surface area contributed by atoms with Gasteiger partial charge in [0, 0.05) is 25.3 Å². The van der Waals surface area contributed by atoms with Crippen LogP contribution in [0.1, 0.15) is 35.7 Å². The van der Waals surface area contributed by atoms with Crippen molar-refractivity contribution in [2.45, 2.75) is 26.3 Å². The van der Waals surface area contributed by atoms with Gasteiger partial charge in [-0.05, 0) is 30.0 Å². The number of carbonyl (C=O) groups excluding carboxylic acids is 1. The molecule has 0 saturated heterocycles. The van der Waals surface area contributed by atoms with Gasteiger partial charge in [0.2, 0.25) is 0 Å². The van der Waals surface area contributed by atoms with E-state index in [9.17, 15) is 4.79 Å². The van der Waals surface area contributed by atoms with Crippen LogP contribution >= 0.6 is 0 Å². The number of carbonyl (C=O) groups is 1. The zero-order chi connectivity index (χ0) is 13.4. The standard InChI is InChI=1S/C14H22N2O2/c1-2-11(7-8-17)10-16-14(18)13-5-3-12(9-15)4-6-13/h3-6,11,17H,2,7-10,15H2,1H3,(H,16,18). The van der Waals surface area contributed by atoms with Crippen molar-refractivity contribution in [3.8, 4) is 0 Å². The monoisotopic (exact) mass is 250 g/mol. The van der Waals surface area contributed by atoms with Crippen LogP contribution in [0.15, 0.2) is 24.3 Å². The van der Waals surface area contributed by atoms with Crippen molar-refractivity contribution >= 4 is 5.91 Å². The number of nitrogens with one attached hydrogen (secondary N) is 1. The highest BCUT2D eigenvalue weighted by Crippen LogP contribution is 2.07. The normalized spacial score (nSPS) is 12.2. The maximum atomic E-state index is 11.9. The number of amides is 1. The van der Waals surface area contributed by atoms with Crippen LogP contribution in [0, 0.1) is 5.92 Å². The van der Waals surface area contributed by atoms with E-state index in [1.54, 1.807) is 12.1 Å². The molecule has 1 rings (SSSR count). The van der Waals surface area contributed by atoms with E-state index in [1.807, 2.05) is 12.1 Å². The van der Waals surface area contributed by atoms with Gasteiger partial charge in [-0.2, -0.15) is 0 Å². The summed E-state index contributed by atoms with van der Waals surface area (Å²) in [5, 5.41) is 11.8. The summed E-state index contributed by atoms with van der Waals surface area (Å²) in [5.74, 6) is 0.261. The van der Waals surface area contributed by atoms with Crippen molar-refractivity contribution in [3.05, 3.63) is 35.4 Å². The lowest BCUT2D eigenvalue weighted by Gasteiger charge is -2.14. The molecule has 1 aromatic carbocycles. The zero-order valence-corrected chi connectivity index (χ0v) is 10.9. The Morgan fingerprint density at radius 1 is 1.39 bits per heavy atom. The molecule has 0 spiro atoms. The van der Waals surface area contributed by atoms with Gasteiger partial charge in [-0.15, -0.1) is 0 Å². The summed E-state index contributed by atoms with van der Waals surface area (Å²) in [6, 6.07) is 7.29. The molecule has 0 radical (unpaired) electrons. The highest BCUT2D eigenvalue weighted by molar-refractivity contribution is 5.94. The summed E-state index contributed by atoms with van der Waals surface area (Å²) >= 11 is 0. The van der Waals surface area contributed by atoms with E-state index in [2.05, 4.69) is 12.2 Å². The minimum Gasteiger partial charge on any atom is -0.396 e. The number of aliphatic hydroxyl groups is 1. The van der Waals surface area contributed by atoms with E-state index in [0.717, 1.165) is 18.4 Å². The molecule has 100 valence electrons. The van der Waals surface area contributed by atoms with E-state index < -0.39 is 0 Å². The zero-order valence-electron chi connectivity index (χ0n) is 10.9. The fraction of sp³-hybridized carbons (Fsp3) is 0.500. The van der Waals surface area contributed by atoms with Crippen LogP contribution < -0.4 is 11.1 Å². The lowest BCUT2D eigenvalue weighted by molar-refractivity contribution is 0.0943. The van der Waals surface area contributed by atoms with Gasteiger partial charge >= 0.3 is 0 Å². The Morgan fingerprint density at radius 2 is 2.06 bits per heavy atom. The van der Waals surface area contributed by atoms with E-state index >= 15 is 0 Å². The van der Waals surface area contributed by atoms with Gasteiger partial charge in [0.05, 0.1) is 0 Å². The van der Waals surface area contributed by atoms with E-state index in [1.165, 1.54) is 0 Å². The smallest absolute Gasteiger partial charge is 0.251 e. The Morgan fingerprint density at radius 3 is 2.56 bits per heavy atom. The van der Waals surface area contributed by atoms with Crippen LogP contribution in [0.4, 0.5) is 0 Å².